The van der Waals surface area contributed by atoms with Gasteiger partial charge in [0.15, 0.2) is 11.5 Å². The van der Waals surface area contributed by atoms with E-state index in [4.69, 9.17) is 18.9 Å². The van der Waals surface area contributed by atoms with Crippen molar-refractivity contribution in [1.29, 1.82) is 0 Å². The molecule has 1 fully saturated rings. The molecular weight excluding hydrogens is 274 g/mol. The van der Waals surface area contributed by atoms with E-state index in [1.165, 1.54) is 26.4 Å². The molecule has 6 heteroatoms. The van der Waals surface area contributed by atoms with Crippen LogP contribution in [0.2, 0.25) is 0 Å². The van der Waals surface area contributed by atoms with Crippen LogP contribution in [0.1, 0.15) is 6.42 Å². The summed E-state index contributed by atoms with van der Waals surface area (Å²) in [4.78, 5) is 2.36. The smallest absolute Gasteiger partial charge is 0.203 e. The summed E-state index contributed by atoms with van der Waals surface area (Å²) in [6, 6.07) is 3.03. The molecule has 1 heterocycles. The first-order chi connectivity index (χ1) is 10.2. The van der Waals surface area contributed by atoms with Gasteiger partial charge >= 0.3 is 0 Å². The zero-order valence-electron chi connectivity index (χ0n) is 12.6. The van der Waals surface area contributed by atoms with Crippen molar-refractivity contribution >= 4 is 0 Å². The minimum absolute atomic E-state index is 0.0874. The Morgan fingerprint density at radius 1 is 1.14 bits per heavy atom. The van der Waals surface area contributed by atoms with Crippen molar-refractivity contribution in [3.05, 3.63) is 12.1 Å². The highest BCUT2D eigenvalue weighted by Gasteiger charge is 2.14. The van der Waals surface area contributed by atoms with Crippen LogP contribution in [-0.4, -0.2) is 63.7 Å². The summed E-state index contributed by atoms with van der Waals surface area (Å²) in [6.07, 6.45) is 0.910. The summed E-state index contributed by atoms with van der Waals surface area (Å²) in [5.41, 5.74) is 0. The summed E-state index contributed by atoms with van der Waals surface area (Å²) in [5.74, 6) is 1.56. The van der Waals surface area contributed by atoms with Crippen LogP contribution >= 0.6 is 0 Å². The fourth-order valence-electron chi connectivity index (χ4n) is 2.30. The predicted molar refractivity (Wildman–Crippen MR) is 78.6 cm³/mol. The van der Waals surface area contributed by atoms with E-state index in [-0.39, 0.29) is 5.75 Å². The number of rotatable bonds is 7. The van der Waals surface area contributed by atoms with Gasteiger partial charge in [-0.15, -0.1) is 0 Å². The lowest BCUT2D eigenvalue weighted by Crippen LogP contribution is -2.37. The number of ether oxygens (including phenoxy) is 4. The van der Waals surface area contributed by atoms with E-state index in [0.29, 0.717) is 23.9 Å². The van der Waals surface area contributed by atoms with Crippen LogP contribution in [0.3, 0.4) is 0 Å². The van der Waals surface area contributed by atoms with Crippen molar-refractivity contribution in [2.45, 2.75) is 6.42 Å². The molecule has 0 aromatic heterocycles. The molecule has 0 amide bonds. The molecule has 0 aliphatic carbocycles. The van der Waals surface area contributed by atoms with Gasteiger partial charge in [0.2, 0.25) is 5.75 Å². The second-order valence-corrected chi connectivity index (χ2v) is 4.84. The second-order valence-electron chi connectivity index (χ2n) is 4.84. The van der Waals surface area contributed by atoms with Gasteiger partial charge < -0.3 is 24.1 Å². The molecule has 1 aliphatic heterocycles. The van der Waals surface area contributed by atoms with Crippen molar-refractivity contribution in [3.8, 4) is 23.0 Å². The summed E-state index contributed by atoms with van der Waals surface area (Å²) in [6.45, 7) is 5.11. The lowest BCUT2D eigenvalue weighted by molar-refractivity contribution is 0.0357. The predicted octanol–water partition coefficient (Wildman–Crippen LogP) is 1.51. The molecule has 0 bridgehead atoms. The normalized spacial score (nSPS) is 15.7. The van der Waals surface area contributed by atoms with Crippen LogP contribution in [-0.2, 0) is 4.74 Å². The molecule has 118 valence electrons. The fraction of sp³-hybridized carbons (Fsp3) is 0.600. The van der Waals surface area contributed by atoms with Gasteiger partial charge in [-0.2, -0.15) is 0 Å². The lowest BCUT2D eigenvalue weighted by atomic mass is 10.2. The first kappa shape index (κ1) is 15.7. The summed E-state index contributed by atoms with van der Waals surface area (Å²) in [7, 11) is 3.07. The maximum atomic E-state index is 9.59. The number of aromatic hydroxyl groups is 1. The van der Waals surface area contributed by atoms with E-state index in [0.717, 1.165) is 39.3 Å². The van der Waals surface area contributed by atoms with Gasteiger partial charge in [0, 0.05) is 31.8 Å². The van der Waals surface area contributed by atoms with Crippen LogP contribution in [0, 0.1) is 0 Å². The van der Waals surface area contributed by atoms with Gasteiger partial charge in [0.25, 0.3) is 0 Å². The SMILES string of the molecule is COc1cc(O)cc(OC)c1OCCCN1CCOCC1. The number of hydrogen-bond donors (Lipinski definition) is 1. The van der Waals surface area contributed by atoms with E-state index >= 15 is 0 Å². The van der Waals surface area contributed by atoms with Gasteiger partial charge in [-0.05, 0) is 6.42 Å². The number of methoxy groups -OCH3 is 2. The Morgan fingerprint density at radius 3 is 2.33 bits per heavy atom. The van der Waals surface area contributed by atoms with E-state index in [9.17, 15) is 5.11 Å². The van der Waals surface area contributed by atoms with Crippen LogP contribution < -0.4 is 14.2 Å². The zero-order chi connectivity index (χ0) is 15.1. The molecule has 0 unspecified atom stereocenters. The van der Waals surface area contributed by atoms with Gasteiger partial charge in [0.05, 0.1) is 34.0 Å². The maximum absolute atomic E-state index is 9.59. The van der Waals surface area contributed by atoms with Gasteiger partial charge in [-0.3, -0.25) is 4.90 Å². The molecule has 0 saturated carbocycles. The van der Waals surface area contributed by atoms with E-state index < -0.39 is 0 Å². The lowest BCUT2D eigenvalue weighted by Gasteiger charge is -2.26. The Morgan fingerprint density at radius 2 is 1.76 bits per heavy atom. The van der Waals surface area contributed by atoms with Gasteiger partial charge in [-0.1, -0.05) is 0 Å². The maximum Gasteiger partial charge on any atom is 0.203 e. The average molecular weight is 297 g/mol. The molecule has 21 heavy (non-hydrogen) atoms. The molecule has 0 radical (unpaired) electrons. The summed E-state index contributed by atoms with van der Waals surface area (Å²) >= 11 is 0. The minimum Gasteiger partial charge on any atom is -0.508 e. The molecule has 1 aliphatic rings. The molecule has 1 aromatic carbocycles. The Kier molecular flexibility index (Phi) is 5.95. The first-order valence-corrected chi connectivity index (χ1v) is 7.12. The van der Waals surface area contributed by atoms with Crippen LogP contribution in [0.25, 0.3) is 0 Å². The van der Waals surface area contributed by atoms with Crippen LogP contribution in [0.15, 0.2) is 12.1 Å². The molecular formula is C15H23NO5. The molecule has 6 nitrogen and oxygen atoms in total. The Hall–Kier alpha value is -1.66. The Labute approximate surface area is 125 Å². The van der Waals surface area contributed by atoms with Gasteiger partial charge in [-0.25, -0.2) is 0 Å². The Balaban J connectivity index is 1.87. The topological polar surface area (TPSA) is 60.4 Å². The standard InChI is InChI=1S/C15H23NO5/c1-18-13-10-12(17)11-14(19-2)15(13)21-7-3-4-16-5-8-20-9-6-16/h10-11,17H,3-9H2,1-2H3. The summed E-state index contributed by atoms with van der Waals surface area (Å²) < 4.78 is 21.5. The van der Waals surface area contributed by atoms with E-state index in [1.807, 2.05) is 0 Å². The third kappa shape index (κ3) is 4.41. The van der Waals surface area contributed by atoms with Gasteiger partial charge in [0.1, 0.15) is 5.75 Å². The highest BCUT2D eigenvalue weighted by Crippen LogP contribution is 2.40. The monoisotopic (exact) mass is 297 g/mol. The fourth-order valence-corrected chi connectivity index (χ4v) is 2.30. The van der Waals surface area contributed by atoms with Crippen molar-refractivity contribution in [2.75, 3.05) is 53.7 Å². The average Bonchev–Trinajstić information content (AvgIpc) is 2.52. The van der Waals surface area contributed by atoms with Crippen molar-refractivity contribution < 1.29 is 24.1 Å². The second kappa shape index (κ2) is 7.95. The number of phenols is 1. The molecule has 0 atom stereocenters. The number of morpholine rings is 1. The quantitative estimate of drug-likeness (QED) is 0.770. The van der Waals surface area contributed by atoms with Crippen LogP contribution in [0.5, 0.6) is 23.0 Å². The van der Waals surface area contributed by atoms with Crippen molar-refractivity contribution in [3.63, 3.8) is 0 Å². The van der Waals surface area contributed by atoms with E-state index in [2.05, 4.69) is 4.90 Å². The number of hydrogen-bond acceptors (Lipinski definition) is 6. The third-order valence-corrected chi connectivity index (χ3v) is 3.41. The largest absolute Gasteiger partial charge is 0.508 e. The Bertz CT molecular complexity index is 421. The van der Waals surface area contributed by atoms with Crippen LogP contribution in [0.4, 0.5) is 0 Å². The number of phenolic OH excluding ortho intramolecular Hbond substituents is 1. The molecule has 1 N–H and O–H groups in total. The molecule has 0 spiro atoms. The first-order valence-electron chi connectivity index (χ1n) is 7.12. The van der Waals surface area contributed by atoms with Crippen molar-refractivity contribution in [1.82, 2.24) is 4.90 Å². The zero-order valence-corrected chi connectivity index (χ0v) is 12.6. The number of benzene rings is 1. The molecule has 2 rings (SSSR count). The molecule has 1 saturated heterocycles. The minimum atomic E-state index is 0.0874. The highest BCUT2D eigenvalue weighted by atomic mass is 16.5. The number of nitrogens with zero attached hydrogens (tertiary/aromatic N) is 1. The summed E-state index contributed by atoms with van der Waals surface area (Å²) in [5, 5.41) is 9.59. The van der Waals surface area contributed by atoms with Crippen molar-refractivity contribution in [2.24, 2.45) is 0 Å². The van der Waals surface area contributed by atoms with E-state index in [1.54, 1.807) is 0 Å². The molecule has 1 aromatic rings. The highest BCUT2D eigenvalue weighted by molar-refractivity contribution is 5.55. The third-order valence-electron chi connectivity index (χ3n) is 3.41.